The fourth-order valence-electron chi connectivity index (χ4n) is 1.08. The highest BCUT2D eigenvalue weighted by Crippen LogP contribution is 2.33. The number of rotatable bonds is 2. The van der Waals surface area contributed by atoms with E-state index in [-0.39, 0.29) is 5.69 Å². The van der Waals surface area contributed by atoms with Crippen molar-refractivity contribution in [1.82, 2.24) is 0 Å². The summed E-state index contributed by atoms with van der Waals surface area (Å²) in [6.07, 6.45) is 0.993. The first-order valence-electron chi connectivity index (χ1n) is 3.72. The van der Waals surface area contributed by atoms with Gasteiger partial charge in [0.2, 0.25) is 0 Å². The van der Waals surface area contributed by atoms with Crippen molar-refractivity contribution in [3.63, 3.8) is 0 Å². The number of nitrogens with one attached hydrogen (secondary N) is 1. The van der Waals surface area contributed by atoms with Crippen molar-refractivity contribution < 1.29 is 4.92 Å². The van der Waals surface area contributed by atoms with Crippen LogP contribution in [0.25, 0.3) is 0 Å². The lowest BCUT2D eigenvalue weighted by atomic mass is 10.1. The van der Waals surface area contributed by atoms with Crippen molar-refractivity contribution in [3.05, 3.63) is 31.8 Å². The first kappa shape index (κ1) is 10.6. The van der Waals surface area contributed by atoms with Crippen molar-refractivity contribution in [2.24, 2.45) is 0 Å². The Kier molecular flexibility index (Phi) is 2.85. The van der Waals surface area contributed by atoms with E-state index in [1.807, 2.05) is 0 Å². The van der Waals surface area contributed by atoms with Gasteiger partial charge >= 0.3 is 0 Å². The molecule has 1 aromatic carbocycles. The third-order valence-electron chi connectivity index (χ3n) is 1.91. The molecule has 0 unspecified atom stereocenters. The van der Waals surface area contributed by atoms with E-state index in [1.165, 1.54) is 6.07 Å². The van der Waals surface area contributed by atoms with Crippen molar-refractivity contribution in [2.75, 3.05) is 5.73 Å². The lowest BCUT2D eigenvalue weighted by Gasteiger charge is -2.06. The normalized spacial score (nSPS) is 9.86. The largest absolute Gasteiger partial charge is 0.397 e. The van der Waals surface area contributed by atoms with E-state index >= 15 is 0 Å². The van der Waals surface area contributed by atoms with Crippen LogP contribution in [0.2, 0.25) is 0 Å². The Morgan fingerprint density at radius 3 is 2.71 bits per heavy atom. The molecule has 1 aromatic rings. The Morgan fingerprint density at radius 1 is 1.71 bits per heavy atom. The van der Waals surface area contributed by atoms with Gasteiger partial charge in [-0.1, -0.05) is 0 Å². The standard InChI is InChI=1S/C8H8BrN3O2/c1-4-6(12(13)14)2-5(3-10)8(11)7(4)9/h2-3,10H,11H2,1H3. The smallest absolute Gasteiger partial charge is 0.274 e. The van der Waals surface area contributed by atoms with Gasteiger partial charge in [0.1, 0.15) is 0 Å². The summed E-state index contributed by atoms with van der Waals surface area (Å²) in [6, 6.07) is 1.29. The number of halogens is 1. The summed E-state index contributed by atoms with van der Waals surface area (Å²) >= 11 is 3.16. The maximum Gasteiger partial charge on any atom is 0.274 e. The monoisotopic (exact) mass is 257 g/mol. The van der Waals surface area contributed by atoms with Crippen molar-refractivity contribution in [3.8, 4) is 0 Å². The quantitative estimate of drug-likeness (QED) is 0.368. The van der Waals surface area contributed by atoms with Gasteiger partial charge in [-0.05, 0) is 22.9 Å². The van der Waals surface area contributed by atoms with Crippen LogP contribution in [0.1, 0.15) is 11.1 Å². The number of nitrogens with two attached hydrogens (primary N) is 1. The molecule has 0 amide bonds. The molecule has 74 valence electrons. The molecule has 1 rings (SSSR count). The molecular formula is C8H8BrN3O2. The second kappa shape index (κ2) is 3.75. The minimum absolute atomic E-state index is 0.0374. The van der Waals surface area contributed by atoms with Crippen molar-refractivity contribution in [1.29, 1.82) is 5.41 Å². The average Bonchev–Trinajstić information content (AvgIpc) is 2.14. The van der Waals surface area contributed by atoms with Crippen LogP contribution >= 0.6 is 15.9 Å². The maximum absolute atomic E-state index is 10.6. The molecule has 3 N–H and O–H groups in total. The second-order valence-corrected chi connectivity index (χ2v) is 3.53. The highest BCUT2D eigenvalue weighted by atomic mass is 79.9. The summed E-state index contributed by atoms with van der Waals surface area (Å²) in [4.78, 5) is 10.1. The Bertz CT molecular complexity index is 418. The zero-order chi connectivity index (χ0) is 10.9. The minimum atomic E-state index is -0.494. The van der Waals surface area contributed by atoms with Crippen molar-refractivity contribution >= 4 is 33.5 Å². The zero-order valence-electron chi connectivity index (χ0n) is 7.37. The molecule has 0 spiro atoms. The van der Waals surface area contributed by atoms with Crippen LogP contribution in [0, 0.1) is 22.4 Å². The van der Waals surface area contributed by atoms with Crippen LogP contribution in [-0.2, 0) is 0 Å². The van der Waals surface area contributed by atoms with Crippen molar-refractivity contribution in [2.45, 2.75) is 6.92 Å². The molecule has 0 aliphatic rings. The highest BCUT2D eigenvalue weighted by Gasteiger charge is 2.17. The predicted octanol–water partition coefficient (Wildman–Crippen LogP) is 2.25. The average molecular weight is 258 g/mol. The summed E-state index contributed by atoms with van der Waals surface area (Å²) in [5.41, 5.74) is 6.77. The molecule has 0 aliphatic heterocycles. The molecule has 0 saturated heterocycles. The van der Waals surface area contributed by atoms with Gasteiger partial charge in [0, 0.05) is 23.4 Å². The summed E-state index contributed by atoms with van der Waals surface area (Å²) in [5.74, 6) is 0. The van der Waals surface area contributed by atoms with Gasteiger partial charge in [-0.25, -0.2) is 0 Å². The Balaban J connectivity index is 3.56. The number of nitro groups is 1. The molecule has 0 bridgehead atoms. The third-order valence-corrected chi connectivity index (χ3v) is 2.93. The van der Waals surface area contributed by atoms with E-state index in [9.17, 15) is 10.1 Å². The molecule has 0 radical (unpaired) electrons. The van der Waals surface area contributed by atoms with E-state index in [1.54, 1.807) is 6.92 Å². The fourth-order valence-corrected chi connectivity index (χ4v) is 1.52. The van der Waals surface area contributed by atoms with Crippen LogP contribution < -0.4 is 5.73 Å². The lowest BCUT2D eigenvalue weighted by molar-refractivity contribution is -0.385. The first-order valence-corrected chi connectivity index (χ1v) is 4.51. The highest BCUT2D eigenvalue weighted by molar-refractivity contribution is 9.10. The molecule has 0 fully saturated rings. The Labute approximate surface area is 88.7 Å². The zero-order valence-corrected chi connectivity index (χ0v) is 8.96. The topological polar surface area (TPSA) is 93.0 Å². The number of hydrogen-bond acceptors (Lipinski definition) is 4. The summed E-state index contributed by atoms with van der Waals surface area (Å²) in [6.45, 7) is 1.60. The molecule has 0 atom stereocenters. The molecule has 14 heavy (non-hydrogen) atoms. The van der Waals surface area contributed by atoms with Gasteiger partial charge in [0.25, 0.3) is 5.69 Å². The summed E-state index contributed by atoms with van der Waals surface area (Å²) in [5, 5.41) is 17.7. The second-order valence-electron chi connectivity index (χ2n) is 2.74. The molecule has 0 heterocycles. The minimum Gasteiger partial charge on any atom is -0.397 e. The van der Waals surface area contributed by atoms with E-state index in [2.05, 4.69) is 15.9 Å². The number of nitro benzene ring substituents is 1. The number of hydrogen-bond donors (Lipinski definition) is 2. The van der Waals surface area contributed by atoms with Crippen LogP contribution in [-0.4, -0.2) is 11.1 Å². The third kappa shape index (κ3) is 1.60. The SMILES string of the molecule is Cc1c([N+](=O)[O-])cc(C=N)c(N)c1Br. The Hall–Kier alpha value is -1.43. The summed E-state index contributed by atoms with van der Waals surface area (Å²) < 4.78 is 0.477. The van der Waals surface area contributed by atoms with Gasteiger partial charge in [0.15, 0.2) is 0 Å². The van der Waals surface area contributed by atoms with Crippen LogP contribution in [0.4, 0.5) is 11.4 Å². The van der Waals surface area contributed by atoms with E-state index in [4.69, 9.17) is 11.1 Å². The molecule has 0 saturated carbocycles. The maximum atomic E-state index is 10.6. The number of benzene rings is 1. The van der Waals surface area contributed by atoms with Crippen LogP contribution in [0.5, 0.6) is 0 Å². The Morgan fingerprint density at radius 2 is 2.29 bits per heavy atom. The van der Waals surface area contributed by atoms with Gasteiger partial charge in [-0.3, -0.25) is 10.1 Å². The number of nitrogens with zero attached hydrogens (tertiary/aromatic N) is 1. The predicted molar refractivity (Wildman–Crippen MR) is 57.8 cm³/mol. The van der Waals surface area contributed by atoms with Crippen LogP contribution in [0.15, 0.2) is 10.5 Å². The van der Waals surface area contributed by atoms with Gasteiger partial charge in [-0.2, -0.15) is 0 Å². The molecule has 0 aliphatic carbocycles. The van der Waals surface area contributed by atoms with Gasteiger partial charge < -0.3 is 11.1 Å². The van der Waals surface area contributed by atoms with Gasteiger partial charge in [0.05, 0.1) is 15.1 Å². The fraction of sp³-hybridized carbons (Fsp3) is 0.125. The first-order chi connectivity index (χ1) is 6.49. The molecular weight excluding hydrogens is 250 g/mol. The molecule has 0 aromatic heterocycles. The lowest BCUT2D eigenvalue weighted by Crippen LogP contribution is -2.00. The number of nitrogen functional groups attached to an aromatic ring is 1. The molecule has 5 nitrogen and oxygen atoms in total. The van der Waals surface area contributed by atoms with E-state index in [0.717, 1.165) is 6.21 Å². The summed E-state index contributed by atoms with van der Waals surface area (Å²) in [7, 11) is 0. The van der Waals surface area contributed by atoms with Crippen LogP contribution in [0.3, 0.4) is 0 Å². The number of anilines is 1. The van der Waals surface area contributed by atoms with E-state index < -0.39 is 4.92 Å². The molecule has 6 heteroatoms. The van der Waals surface area contributed by atoms with Gasteiger partial charge in [-0.15, -0.1) is 0 Å². The van der Waals surface area contributed by atoms with E-state index in [0.29, 0.717) is 21.3 Å².